The molecule has 180 valence electrons. The SMILES string of the molecule is Cc1cc2c(-c3ccc(-c4ccccc4)cc3)c3ccccc3c(-c3ccc4ccccc4c3)c2cc1C. The fraction of sp³-hybridized carbons (Fsp3) is 0.0526. The minimum Gasteiger partial charge on any atom is -0.0622 e. The lowest BCUT2D eigenvalue weighted by atomic mass is 9.84. The van der Waals surface area contributed by atoms with Crippen molar-refractivity contribution in [1.82, 2.24) is 0 Å². The van der Waals surface area contributed by atoms with Crippen LogP contribution in [0.25, 0.3) is 65.7 Å². The van der Waals surface area contributed by atoms with Gasteiger partial charge in [-0.05, 0) is 96.7 Å². The maximum absolute atomic E-state index is 2.39. The maximum atomic E-state index is 2.39. The molecule has 0 radical (unpaired) electrons. The highest BCUT2D eigenvalue weighted by atomic mass is 14.2. The van der Waals surface area contributed by atoms with Crippen molar-refractivity contribution in [3.63, 3.8) is 0 Å². The van der Waals surface area contributed by atoms with Crippen molar-refractivity contribution in [2.75, 3.05) is 0 Å². The molecule has 0 heterocycles. The summed E-state index contributed by atoms with van der Waals surface area (Å²) < 4.78 is 0. The molecule has 0 fully saturated rings. The van der Waals surface area contributed by atoms with Gasteiger partial charge in [-0.15, -0.1) is 0 Å². The van der Waals surface area contributed by atoms with Crippen molar-refractivity contribution in [2.24, 2.45) is 0 Å². The topological polar surface area (TPSA) is 0 Å². The third-order valence-electron chi connectivity index (χ3n) is 7.96. The van der Waals surface area contributed by atoms with Crippen LogP contribution in [0.15, 0.2) is 133 Å². The van der Waals surface area contributed by atoms with Crippen molar-refractivity contribution in [1.29, 1.82) is 0 Å². The summed E-state index contributed by atoms with van der Waals surface area (Å²) in [5.41, 5.74) is 10.3. The molecule has 38 heavy (non-hydrogen) atoms. The molecule has 0 saturated carbocycles. The van der Waals surface area contributed by atoms with Crippen molar-refractivity contribution in [3.8, 4) is 33.4 Å². The van der Waals surface area contributed by atoms with Crippen molar-refractivity contribution < 1.29 is 0 Å². The normalized spacial score (nSPS) is 11.4. The highest BCUT2D eigenvalue weighted by Gasteiger charge is 2.18. The summed E-state index contributed by atoms with van der Waals surface area (Å²) in [6.07, 6.45) is 0. The first-order valence-corrected chi connectivity index (χ1v) is 13.3. The van der Waals surface area contributed by atoms with E-state index < -0.39 is 0 Å². The van der Waals surface area contributed by atoms with E-state index in [4.69, 9.17) is 0 Å². The molecule has 0 unspecified atom stereocenters. The van der Waals surface area contributed by atoms with Crippen molar-refractivity contribution in [2.45, 2.75) is 13.8 Å². The van der Waals surface area contributed by atoms with Gasteiger partial charge in [0.05, 0.1) is 0 Å². The van der Waals surface area contributed by atoms with E-state index in [9.17, 15) is 0 Å². The van der Waals surface area contributed by atoms with E-state index in [1.54, 1.807) is 0 Å². The van der Waals surface area contributed by atoms with Crippen LogP contribution in [0.2, 0.25) is 0 Å². The molecule has 0 aliphatic rings. The summed E-state index contributed by atoms with van der Waals surface area (Å²) in [4.78, 5) is 0. The Labute approximate surface area is 223 Å². The van der Waals surface area contributed by atoms with Gasteiger partial charge >= 0.3 is 0 Å². The van der Waals surface area contributed by atoms with Gasteiger partial charge in [0.15, 0.2) is 0 Å². The van der Waals surface area contributed by atoms with Crippen molar-refractivity contribution >= 4 is 32.3 Å². The van der Waals surface area contributed by atoms with Gasteiger partial charge in [0.25, 0.3) is 0 Å². The molecule has 7 rings (SSSR count). The van der Waals surface area contributed by atoms with Crippen molar-refractivity contribution in [3.05, 3.63) is 145 Å². The second kappa shape index (κ2) is 9.01. The molecule has 7 aromatic rings. The standard InChI is InChI=1S/C38H28/c1-25-22-35-36(23-26(25)2)38(32-21-18-28-12-6-7-13-31(28)24-32)34-15-9-8-14-33(34)37(35)30-19-16-29(17-20-30)27-10-4-3-5-11-27/h3-24H,1-2H3. The predicted molar refractivity (Wildman–Crippen MR) is 165 cm³/mol. The van der Waals surface area contributed by atoms with Crippen LogP contribution in [0.1, 0.15) is 11.1 Å². The van der Waals surface area contributed by atoms with Gasteiger partial charge in [0, 0.05) is 0 Å². The second-order valence-electron chi connectivity index (χ2n) is 10.3. The minimum atomic E-state index is 1.24. The fourth-order valence-electron chi connectivity index (χ4n) is 5.87. The van der Waals surface area contributed by atoms with Gasteiger partial charge < -0.3 is 0 Å². The van der Waals surface area contributed by atoms with Gasteiger partial charge in [-0.2, -0.15) is 0 Å². The Kier molecular flexibility index (Phi) is 5.34. The molecule has 0 atom stereocenters. The molecule has 0 N–H and O–H groups in total. The van der Waals surface area contributed by atoms with E-state index in [1.807, 2.05) is 0 Å². The zero-order valence-electron chi connectivity index (χ0n) is 21.7. The first-order valence-electron chi connectivity index (χ1n) is 13.3. The molecule has 0 aliphatic heterocycles. The van der Waals surface area contributed by atoms with Gasteiger partial charge in [-0.3, -0.25) is 0 Å². The van der Waals surface area contributed by atoms with Crippen LogP contribution < -0.4 is 0 Å². The summed E-state index contributed by atoms with van der Waals surface area (Å²) in [7, 11) is 0. The molecule has 0 bridgehead atoms. The number of aryl methyl sites for hydroxylation is 2. The zero-order valence-corrected chi connectivity index (χ0v) is 21.7. The lowest BCUT2D eigenvalue weighted by molar-refractivity contribution is 1.37. The van der Waals surface area contributed by atoms with E-state index >= 15 is 0 Å². The number of fused-ring (bicyclic) bond motifs is 3. The van der Waals surface area contributed by atoms with Crippen LogP contribution >= 0.6 is 0 Å². The third-order valence-corrected chi connectivity index (χ3v) is 7.96. The van der Waals surface area contributed by atoms with Crippen LogP contribution in [0.4, 0.5) is 0 Å². The van der Waals surface area contributed by atoms with E-state index in [2.05, 4.69) is 147 Å². The van der Waals surface area contributed by atoms with Crippen LogP contribution in [0.5, 0.6) is 0 Å². The number of benzene rings is 7. The Morgan fingerprint density at radius 2 is 0.789 bits per heavy atom. The van der Waals surface area contributed by atoms with Gasteiger partial charge in [0.1, 0.15) is 0 Å². The molecular formula is C38H28. The van der Waals surface area contributed by atoms with E-state index in [0.29, 0.717) is 0 Å². The molecule has 0 nitrogen and oxygen atoms in total. The van der Waals surface area contributed by atoms with E-state index in [0.717, 1.165) is 0 Å². The summed E-state index contributed by atoms with van der Waals surface area (Å²) in [6.45, 7) is 4.45. The lowest BCUT2D eigenvalue weighted by Crippen LogP contribution is -1.93. The van der Waals surface area contributed by atoms with Crippen LogP contribution in [0, 0.1) is 13.8 Å². The quantitative estimate of drug-likeness (QED) is 0.219. The zero-order chi connectivity index (χ0) is 25.6. The lowest BCUT2D eigenvalue weighted by Gasteiger charge is -2.19. The first-order chi connectivity index (χ1) is 18.7. The van der Waals surface area contributed by atoms with E-state index in [1.165, 1.54) is 76.8 Å². The number of hydrogen-bond acceptors (Lipinski definition) is 0. The molecular weight excluding hydrogens is 456 g/mol. The Morgan fingerprint density at radius 1 is 0.316 bits per heavy atom. The number of rotatable bonds is 3. The monoisotopic (exact) mass is 484 g/mol. The summed E-state index contributed by atoms with van der Waals surface area (Å²) >= 11 is 0. The molecule has 0 saturated heterocycles. The molecule has 0 aliphatic carbocycles. The molecule has 7 aromatic carbocycles. The minimum absolute atomic E-state index is 1.24. The Hall–Kier alpha value is -4.68. The van der Waals surface area contributed by atoms with Gasteiger partial charge in [-0.1, -0.05) is 127 Å². The van der Waals surface area contributed by atoms with Gasteiger partial charge in [0.2, 0.25) is 0 Å². The molecule has 0 spiro atoms. The van der Waals surface area contributed by atoms with Crippen LogP contribution in [-0.4, -0.2) is 0 Å². The Morgan fingerprint density at radius 3 is 1.45 bits per heavy atom. The highest BCUT2D eigenvalue weighted by Crippen LogP contribution is 2.45. The smallest absolute Gasteiger partial charge is 0.00260 e. The predicted octanol–water partition coefficient (Wildman–Crippen LogP) is 10.8. The van der Waals surface area contributed by atoms with Gasteiger partial charge in [-0.25, -0.2) is 0 Å². The summed E-state index contributed by atoms with van der Waals surface area (Å²) in [5.74, 6) is 0. The largest absolute Gasteiger partial charge is 0.0622 e. The first kappa shape index (κ1) is 22.5. The Bertz CT molecular complexity index is 1960. The average Bonchev–Trinajstić information content (AvgIpc) is 2.97. The maximum Gasteiger partial charge on any atom is -0.00260 e. The van der Waals surface area contributed by atoms with Crippen LogP contribution in [-0.2, 0) is 0 Å². The molecule has 0 heteroatoms. The molecule has 0 amide bonds. The van der Waals surface area contributed by atoms with E-state index in [-0.39, 0.29) is 0 Å². The highest BCUT2D eigenvalue weighted by molar-refractivity contribution is 6.22. The number of hydrogen-bond donors (Lipinski definition) is 0. The second-order valence-corrected chi connectivity index (χ2v) is 10.3. The van der Waals surface area contributed by atoms with Crippen LogP contribution in [0.3, 0.4) is 0 Å². The fourth-order valence-corrected chi connectivity index (χ4v) is 5.87. The molecule has 0 aromatic heterocycles. The summed E-state index contributed by atoms with van der Waals surface area (Å²) in [5, 5.41) is 7.74. The Balaban J connectivity index is 1.55. The third kappa shape index (κ3) is 3.69. The average molecular weight is 485 g/mol. The summed E-state index contributed by atoms with van der Waals surface area (Å²) in [6, 6.07) is 48.9.